The van der Waals surface area contributed by atoms with Gasteiger partial charge in [-0.3, -0.25) is 14.4 Å². The number of ketones is 2. The third kappa shape index (κ3) is 3.27. The largest absolute Gasteiger partial charge is 0.325 e. The molecule has 0 bridgehead atoms. The molecule has 2 aromatic carbocycles. The molecule has 28 heavy (non-hydrogen) atoms. The molecule has 1 unspecified atom stereocenters. The van der Waals surface area contributed by atoms with Crippen LogP contribution >= 0.6 is 0 Å². The number of anilines is 1. The molecule has 2 aliphatic rings. The smallest absolute Gasteiger partial charge is 0.282 e. The first-order chi connectivity index (χ1) is 13.5. The molecule has 1 fully saturated rings. The Labute approximate surface area is 164 Å². The predicted molar refractivity (Wildman–Crippen MR) is 107 cm³/mol. The van der Waals surface area contributed by atoms with Crippen LogP contribution in [0.2, 0.25) is 0 Å². The zero-order valence-electron chi connectivity index (χ0n) is 16.2. The fourth-order valence-electron chi connectivity index (χ4n) is 4.34. The summed E-state index contributed by atoms with van der Waals surface area (Å²) >= 11 is 0. The van der Waals surface area contributed by atoms with E-state index in [4.69, 9.17) is 0 Å². The van der Waals surface area contributed by atoms with Crippen molar-refractivity contribution in [2.24, 2.45) is 5.92 Å². The average molecular weight is 377 g/mol. The summed E-state index contributed by atoms with van der Waals surface area (Å²) in [6, 6.07) is 11.7. The number of carbonyl (C=O) groups is 3. The van der Waals surface area contributed by atoms with Crippen LogP contribution < -0.4 is 10.2 Å². The Morgan fingerprint density at radius 2 is 1.68 bits per heavy atom. The van der Waals surface area contributed by atoms with E-state index < -0.39 is 0 Å². The van der Waals surface area contributed by atoms with Crippen LogP contribution in [0.5, 0.6) is 0 Å². The van der Waals surface area contributed by atoms with Gasteiger partial charge in [0.2, 0.25) is 0 Å². The Bertz CT molecular complexity index is 966. The number of fused-ring (bicyclic) bond motifs is 2. The average Bonchev–Trinajstić information content (AvgIpc) is 2.71. The van der Waals surface area contributed by atoms with Gasteiger partial charge in [-0.05, 0) is 38.0 Å². The van der Waals surface area contributed by atoms with Gasteiger partial charge in [0.05, 0.1) is 13.1 Å². The number of hydrogen-bond acceptors (Lipinski definition) is 3. The van der Waals surface area contributed by atoms with Gasteiger partial charge in [-0.1, -0.05) is 31.2 Å². The molecular weight excluding hydrogens is 352 g/mol. The first-order valence-corrected chi connectivity index (χ1v) is 9.93. The van der Waals surface area contributed by atoms with Gasteiger partial charge in [0.1, 0.15) is 0 Å². The number of hydrogen-bond donors (Lipinski definition) is 2. The van der Waals surface area contributed by atoms with Crippen molar-refractivity contribution in [3.63, 3.8) is 0 Å². The summed E-state index contributed by atoms with van der Waals surface area (Å²) in [5, 5.41) is 2.94. The zero-order chi connectivity index (χ0) is 19.8. The van der Waals surface area contributed by atoms with Crippen LogP contribution in [0.3, 0.4) is 0 Å². The van der Waals surface area contributed by atoms with E-state index in [2.05, 4.69) is 12.2 Å². The van der Waals surface area contributed by atoms with Crippen molar-refractivity contribution in [2.45, 2.75) is 32.7 Å². The summed E-state index contributed by atoms with van der Waals surface area (Å²) in [6.45, 7) is 6.19. The van der Waals surface area contributed by atoms with E-state index in [0.29, 0.717) is 33.9 Å². The SMILES string of the molecule is C[C@@H]1CCC[NH+]([C@@H](C)C(=O)Nc2ccc3c(c2)C(=O)c2ccccc2C3=O)C1. The van der Waals surface area contributed by atoms with E-state index in [0.717, 1.165) is 19.5 Å². The van der Waals surface area contributed by atoms with Crippen molar-refractivity contribution in [2.75, 3.05) is 18.4 Å². The molecule has 0 saturated carbocycles. The summed E-state index contributed by atoms with van der Waals surface area (Å²) < 4.78 is 0. The third-order valence-electron chi connectivity index (χ3n) is 6.00. The lowest BCUT2D eigenvalue weighted by atomic mass is 9.84. The Morgan fingerprint density at radius 3 is 2.36 bits per heavy atom. The molecule has 144 valence electrons. The monoisotopic (exact) mass is 377 g/mol. The number of piperidine rings is 1. The molecule has 2 aromatic rings. The van der Waals surface area contributed by atoms with Gasteiger partial charge in [0.25, 0.3) is 5.91 Å². The maximum Gasteiger partial charge on any atom is 0.282 e. The van der Waals surface area contributed by atoms with E-state index in [9.17, 15) is 14.4 Å². The van der Waals surface area contributed by atoms with Crippen LogP contribution in [0, 0.1) is 5.92 Å². The highest BCUT2D eigenvalue weighted by molar-refractivity contribution is 6.28. The lowest BCUT2D eigenvalue weighted by Crippen LogP contribution is -3.17. The van der Waals surface area contributed by atoms with Crippen molar-refractivity contribution in [3.8, 4) is 0 Å². The standard InChI is InChI=1S/C23H24N2O3/c1-14-6-5-11-25(13-14)15(2)23(28)24-16-9-10-19-20(12-16)22(27)18-8-4-3-7-17(18)21(19)26/h3-4,7-10,12,14-15H,5-6,11,13H2,1-2H3,(H,24,28)/p+1/t14-,15+/m1/s1. The van der Waals surface area contributed by atoms with Gasteiger partial charge in [0.15, 0.2) is 17.6 Å². The maximum absolute atomic E-state index is 12.8. The fourth-order valence-corrected chi connectivity index (χ4v) is 4.34. The van der Waals surface area contributed by atoms with Gasteiger partial charge < -0.3 is 10.2 Å². The lowest BCUT2D eigenvalue weighted by Gasteiger charge is -2.31. The molecular formula is C23H25N2O3+. The lowest BCUT2D eigenvalue weighted by molar-refractivity contribution is -0.922. The van der Waals surface area contributed by atoms with Crippen LogP contribution in [-0.2, 0) is 4.79 Å². The zero-order valence-corrected chi connectivity index (χ0v) is 16.2. The van der Waals surface area contributed by atoms with E-state index in [1.807, 2.05) is 6.92 Å². The highest BCUT2D eigenvalue weighted by Crippen LogP contribution is 2.29. The Morgan fingerprint density at radius 1 is 1.04 bits per heavy atom. The minimum atomic E-state index is -0.176. The van der Waals surface area contributed by atoms with Crippen LogP contribution in [0.4, 0.5) is 5.69 Å². The molecule has 0 aromatic heterocycles. The molecule has 4 rings (SSSR count). The number of nitrogens with one attached hydrogen (secondary N) is 2. The first-order valence-electron chi connectivity index (χ1n) is 9.93. The Kier molecular flexibility index (Phi) is 4.85. The molecule has 1 amide bonds. The van der Waals surface area contributed by atoms with Gasteiger partial charge >= 0.3 is 0 Å². The van der Waals surface area contributed by atoms with Gasteiger partial charge in [-0.2, -0.15) is 0 Å². The topological polar surface area (TPSA) is 67.7 Å². The van der Waals surface area contributed by atoms with E-state index >= 15 is 0 Å². The Hall–Kier alpha value is -2.79. The fraction of sp³-hybridized carbons (Fsp3) is 0.348. The van der Waals surface area contributed by atoms with Crippen molar-refractivity contribution in [1.82, 2.24) is 0 Å². The quantitative estimate of drug-likeness (QED) is 0.735. The van der Waals surface area contributed by atoms with E-state index in [1.54, 1.807) is 42.5 Å². The number of rotatable bonds is 3. The molecule has 5 nitrogen and oxygen atoms in total. The highest BCUT2D eigenvalue weighted by atomic mass is 16.2. The Balaban J connectivity index is 1.55. The molecule has 1 aliphatic carbocycles. The van der Waals surface area contributed by atoms with Gasteiger partial charge in [0, 0.05) is 33.9 Å². The van der Waals surface area contributed by atoms with Gasteiger partial charge in [-0.15, -0.1) is 0 Å². The molecule has 1 aliphatic heterocycles. The number of likely N-dealkylation sites (tertiary alicyclic amines) is 1. The summed E-state index contributed by atoms with van der Waals surface area (Å²) in [5.41, 5.74) is 2.16. The van der Waals surface area contributed by atoms with Crippen LogP contribution in [0.15, 0.2) is 42.5 Å². The predicted octanol–water partition coefficient (Wildman–Crippen LogP) is 2.10. The molecule has 1 heterocycles. The van der Waals surface area contributed by atoms with Crippen LogP contribution in [0.1, 0.15) is 58.5 Å². The second-order valence-corrected chi connectivity index (χ2v) is 8.03. The number of carbonyl (C=O) groups excluding carboxylic acids is 3. The molecule has 0 spiro atoms. The van der Waals surface area contributed by atoms with E-state index in [-0.39, 0.29) is 23.5 Å². The number of amides is 1. The number of benzene rings is 2. The molecule has 5 heteroatoms. The number of quaternary nitrogens is 1. The van der Waals surface area contributed by atoms with Crippen molar-refractivity contribution in [1.29, 1.82) is 0 Å². The summed E-state index contributed by atoms with van der Waals surface area (Å²) in [5.74, 6) is 0.249. The van der Waals surface area contributed by atoms with Crippen molar-refractivity contribution in [3.05, 3.63) is 64.7 Å². The normalized spacial score (nSPS) is 22.2. The van der Waals surface area contributed by atoms with E-state index in [1.165, 1.54) is 11.3 Å². The van der Waals surface area contributed by atoms with Crippen molar-refractivity contribution >= 4 is 23.2 Å². The minimum Gasteiger partial charge on any atom is -0.325 e. The first kappa shape index (κ1) is 18.6. The summed E-state index contributed by atoms with van der Waals surface area (Å²) in [7, 11) is 0. The highest BCUT2D eigenvalue weighted by Gasteiger charge is 2.31. The molecule has 2 N–H and O–H groups in total. The molecule has 0 radical (unpaired) electrons. The third-order valence-corrected chi connectivity index (χ3v) is 6.00. The maximum atomic E-state index is 12.8. The van der Waals surface area contributed by atoms with Crippen molar-refractivity contribution < 1.29 is 19.3 Å². The van der Waals surface area contributed by atoms with Crippen LogP contribution in [0.25, 0.3) is 0 Å². The molecule has 1 saturated heterocycles. The summed E-state index contributed by atoms with van der Waals surface area (Å²) in [6.07, 6.45) is 2.36. The minimum absolute atomic E-state index is 0.0564. The second kappa shape index (κ2) is 7.32. The summed E-state index contributed by atoms with van der Waals surface area (Å²) in [4.78, 5) is 39.6. The second-order valence-electron chi connectivity index (χ2n) is 8.03. The van der Waals surface area contributed by atoms with Crippen LogP contribution in [-0.4, -0.2) is 36.6 Å². The van der Waals surface area contributed by atoms with Gasteiger partial charge in [-0.25, -0.2) is 0 Å². The molecule has 3 atom stereocenters.